The zero-order valence-corrected chi connectivity index (χ0v) is 23.6. The van der Waals surface area contributed by atoms with E-state index in [-0.39, 0.29) is 5.91 Å². The molecule has 0 fully saturated rings. The zero-order chi connectivity index (χ0) is 28.5. The number of carbonyl (C=O) groups is 2. The van der Waals surface area contributed by atoms with E-state index in [2.05, 4.69) is 35.9 Å². The summed E-state index contributed by atoms with van der Waals surface area (Å²) in [6.45, 7) is 6.38. The molecule has 0 unspecified atom stereocenters. The fourth-order valence-electron chi connectivity index (χ4n) is 4.90. The first kappa shape index (κ1) is 28.6. The van der Waals surface area contributed by atoms with Crippen LogP contribution in [0.15, 0.2) is 83.5 Å². The number of benzene rings is 3. The lowest BCUT2D eigenvalue weighted by atomic mass is 9.97. The van der Waals surface area contributed by atoms with E-state index in [1.165, 1.54) is 5.56 Å². The van der Waals surface area contributed by atoms with Gasteiger partial charge in [-0.25, -0.2) is 4.99 Å². The van der Waals surface area contributed by atoms with Crippen molar-refractivity contribution >= 4 is 35.9 Å². The molecule has 4 rings (SSSR count). The summed E-state index contributed by atoms with van der Waals surface area (Å²) < 4.78 is 0. The number of hydrogen-bond donors (Lipinski definition) is 1. The van der Waals surface area contributed by atoms with Crippen molar-refractivity contribution in [2.45, 2.75) is 39.7 Å². The largest absolute Gasteiger partial charge is 0.387 e. The lowest BCUT2D eigenvalue weighted by Crippen LogP contribution is -2.34. The molecule has 0 aliphatic carbocycles. The molecule has 0 saturated carbocycles. The maximum Gasteiger partial charge on any atom is 0.250 e. The van der Waals surface area contributed by atoms with Crippen LogP contribution in [0.2, 0.25) is 0 Å². The average molecular weight is 535 g/mol. The summed E-state index contributed by atoms with van der Waals surface area (Å²) in [4.78, 5) is 33.7. The van der Waals surface area contributed by atoms with Crippen LogP contribution in [0.5, 0.6) is 0 Å². The second kappa shape index (κ2) is 13.6. The van der Waals surface area contributed by atoms with E-state index in [9.17, 15) is 9.59 Å². The molecule has 0 aromatic heterocycles. The van der Waals surface area contributed by atoms with Gasteiger partial charge in [0, 0.05) is 49.8 Å². The SMILES string of the molecule is CCCN(CCC)C(=O)C1=Cc2ccc(-c3ccc(C=O)c(/C=C\N(C)Cc4ccccc4)c3)cc2N=C(N)C1. The van der Waals surface area contributed by atoms with Crippen molar-refractivity contribution in [1.29, 1.82) is 0 Å². The number of aldehydes is 1. The van der Waals surface area contributed by atoms with Crippen LogP contribution in [-0.4, -0.2) is 48.0 Å². The maximum absolute atomic E-state index is 13.3. The summed E-state index contributed by atoms with van der Waals surface area (Å²) in [7, 11) is 2.01. The van der Waals surface area contributed by atoms with Crippen LogP contribution >= 0.6 is 0 Å². The highest BCUT2D eigenvalue weighted by Crippen LogP contribution is 2.33. The first-order chi connectivity index (χ1) is 19.4. The topological polar surface area (TPSA) is 79.0 Å². The summed E-state index contributed by atoms with van der Waals surface area (Å²) in [5.41, 5.74) is 13.2. The van der Waals surface area contributed by atoms with Gasteiger partial charge in [-0.2, -0.15) is 0 Å². The number of nitrogens with zero attached hydrogens (tertiary/aromatic N) is 3. The first-order valence-corrected chi connectivity index (χ1v) is 13.9. The molecule has 1 heterocycles. The second-order valence-electron chi connectivity index (χ2n) is 10.2. The van der Waals surface area contributed by atoms with Crippen molar-refractivity contribution in [2.75, 3.05) is 20.1 Å². The van der Waals surface area contributed by atoms with Crippen LogP contribution in [0.3, 0.4) is 0 Å². The Hall–Kier alpha value is -4.45. The normalized spacial score (nSPS) is 12.8. The molecule has 0 atom stereocenters. The smallest absolute Gasteiger partial charge is 0.250 e. The van der Waals surface area contributed by atoms with Crippen molar-refractivity contribution in [3.63, 3.8) is 0 Å². The Morgan fingerprint density at radius 1 is 0.950 bits per heavy atom. The van der Waals surface area contributed by atoms with E-state index in [1.807, 2.05) is 84.9 Å². The van der Waals surface area contributed by atoms with Gasteiger partial charge in [0.05, 0.1) is 5.69 Å². The molecule has 1 aliphatic heterocycles. The molecule has 0 radical (unpaired) electrons. The summed E-state index contributed by atoms with van der Waals surface area (Å²) in [6.07, 6.45) is 8.91. The van der Waals surface area contributed by atoms with Gasteiger partial charge in [-0.1, -0.05) is 68.4 Å². The minimum absolute atomic E-state index is 0.0249. The number of carbonyl (C=O) groups excluding carboxylic acids is 2. The predicted molar refractivity (Wildman–Crippen MR) is 165 cm³/mol. The molecule has 0 spiro atoms. The minimum atomic E-state index is 0.0249. The molecule has 1 amide bonds. The monoisotopic (exact) mass is 534 g/mol. The van der Waals surface area contributed by atoms with Gasteiger partial charge in [-0.15, -0.1) is 0 Å². The maximum atomic E-state index is 13.3. The van der Waals surface area contributed by atoms with Crippen molar-refractivity contribution in [2.24, 2.45) is 10.7 Å². The number of amides is 1. The zero-order valence-electron chi connectivity index (χ0n) is 23.6. The Kier molecular flexibility index (Phi) is 9.68. The third-order valence-corrected chi connectivity index (χ3v) is 6.88. The molecule has 3 aromatic carbocycles. The van der Waals surface area contributed by atoms with Crippen LogP contribution in [0, 0.1) is 0 Å². The van der Waals surface area contributed by atoms with Crippen LogP contribution in [0.25, 0.3) is 23.3 Å². The first-order valence-electron chi connectivity index (χ1n) is 13.9. The molecular formula is C34H38N4O2. The number of hydrogen-bond acceptors (Lipinski definition) is 5. The number of rotatable bonds is 11. The fourth-order valence-corrected chi connectivity index (χ4v) is 4.90. The summed E-state index contributed by atoms with van der Waals surface area (Å²) in [6, 6.07) is 22.1. The molecule has 0 bridgehead atoms. The summed E-state index contributed by atoms with van der Waals surface area (Å²) in [5, 5.41) is 0. The van der Waals surface area contributed by atoms with Crippen molar-refractivity contribution in [1.82, 2.24) is 9.80 Å². The quantitative estimate of drug-likeness (QED) is 0.278. The Balaban J connectivity index is 1.61. The molecule has 206 valence electrons. The standard InChI is InChI=1S/C34H38N4O2/c1-4-16-38(17-5-2)34(40)31-20-29-13-11-27(21-32(29)36-33(35)22-31)26-12-14-30(24-39)28(19-26)15-18-37(3)23-25-9-7-6-8-10-25/h6-15,18-21,24H,4-5,16-17,22-23H2,1-3H3,(H2,35,36)/b18-15-. The number of aliphatic imine (C=N–C) groups is 1. The highest BCUT2D eigenvalue weighted by molar-refractivity contribution is 6.05. The van der Waals surface area contributed by atoms with E-state index in [4.69, 9.17) is 5.73 Å². The Morgan fingerprint density at radius 2 is 1.65 bits per heavy atom. The van der Waals surface area contributed by atoms with E-state index < -0.39 is 0 Å². The lowest BCUT2D eigenvalue weighted by molar-refractivity contribution is -0.127. The van der Waals surface area contributed by atoms with Crippen molar-refractivity contribution in [3.8, 4) is 11.1 Å². The molecule has 0 saturated heterocycles. The number of nitrogens with two attached hydrogens (primary N) is 1. The minimum Gasteiger partial charge on any atom is -0.387 e. The van der Waals surface area contributed by atoms with Gasteiger partial charge < -0.3 is 15.5 Å². The highest BCUT2D eigenvalue weighted by Gasteiger charge is 2.21. The van der Waals surface area contributed by atoms with E-state index in [0.29, 0.717) is 23.4 Å². The predicted octanol–water partition coefficient (Wildman–Crippen LogP) is 6.69. The number of fused-ring (bicyclic) bond motifs is 1. The molecule has 1 aliphatic rings. The Morgan fingerprint density at radius 3 is 2.35 bits per heavy atom. The van der Waals surface area contributed by atoms with E-state index in [0.717, 1.165) is 66.7 Å². The van der Waals surface area contributed by atoms with Crippen LogP contribution in [-0.2, 0) is 11.3 Å². The van der Waals surface area contributed by atoms with Gasteiger partial charge in [-0.3, -0.25) is 9.59 Å². The molecule has 2 N–H and O–H groups in total. The van der Waals surface area contributed by atoms with Gasteiger partial charge in [-0.05, 0) is 65.6 Å². The molecule has 3 aromatic rings. The molecular weight excluding hydrogens is 496 g/mol. The van der Waals surface area contributed by atoms with Gasteiger partial charge in [0.1, 0.15) is 5.84 Å². The fraction of sp³-hybridized carbons (Fsp3) is 0.265. The van der Waals surface area contributed by atoms with Gasteiger partial charge in [0.15, 0.2) is 6.29 Å². The Bertz CT molecular complexity index is 1430. The van der Waals surface area contributed by atoms with E-state index >= 15 is 0 Å². The average Bonchev–Trinajstić information content (AvgIpc) is 3.13. The van der Waals surface area contributed by atoms with Gasteiger partial charge in [0.2, 0.25) is 5.91 Å². The van der Waals surface area contributed by atoms with Crippen LogP contribution in [0.1, 0.15) is 60.2 Å². The van der Waals surface area contributed by atoms with Gasteiger partial charge in [0.25, 0.3) is 0 Å². The van der Waals surface area contributed by atoms with Crippen molar-refractivity contribution in [3.05, 3.63) is 101 Å². The Labute approximate surface area is 237 Å². The molecule has 6 nitrogen and oxygen atoms in total. The van der Waals surface area contributed by atoms with Gasteiger partial charge >= 0.3 is 0 Å². The highest BCUT2D eigenvalue weighted by atomic mass is 16.2. The second-order valence-corrected chi connectivity index (χ2v) is 10.2. The van der Waals surface area contributed by atoms with Crippen molar-refractivity contribution < 1.29 is 9.59 Å². The van der Waals surface area contributed by atoms with E-state index in [1.54, 1.807) is 0 Å². The molecule has 6 heteroatoms. The summed E-state index contributed by atoms with van der Waals surface area (Å²) in [5.74, 6) is 0.446. The van der Waals surface area contributed by atoms with Crippen LogP contribution < -0.4 is 5.73 Å². The third kappa shape index (κ3) is 7.14. The van der Waals surface area contributed by atoms with Crippen LogP contribution in [0.4, 0.5) is 5.69 Å². The summed E-state index contributed by atoms with van der Waals surface area (Å²) >= 11 is 0. The third-order valence-electron chi connectivity index (χ3n) is 6.88. The molecule has 40 heavy (non-hydrogen) atoms. The lowest BCUT2D eigenvalue weighted by Gasteiger charge is -2.22. The number of amidine groups is 1.